The SMILES string of the molecule is O=C(Cc1ccc(F)cc1)Nc1ccc(N2CCCN(Cc3ccc(F)c(F)c3)C2=O)cc1. The lowest BCUT2D eigenvalue weighted by Gasteiger charge is -2.35. The van der Waals surface area contributed by atoms with E-state index in [9.17, 15) is 22.8 Å². The quantitative estimate of drug-likeness (QED) is 0.564. The van der Waals surface area contributed by atoms with E-state index in [2.05, 4.69) is 5.32 Å². The van der Waals surface area contributed by atoms with Crippen molar-refractivity contribution in [1.29, 1.82) is 0 Å². The average molecular weight is 453 g/mol. The normalized spacial score (nSPS) is 13.8. The van der Waals surface area contributed by atoms with Crippen LogP contribution < -0.4 is 10.2 Å². The van der Waals surface area contributed by atoms with Crippen LogP contribution in [-0.4, -0.2) is 29.9 Å². The Morgan fingerprint density at radius 1 is 0.848 bits per heavy atom. The van der Waals surface area contributed by atoms with Crippen molar-refractivity contribution in [3.05, 3.63) is 95.3 Å². The van der Waals surface area contributed by atoms with E-state index in [4.69, 9.17) is 0 Å². The first kappa shape index (κ1) is 22.4. The van der Waals surface area contributed by atoms with Crippen LogP contribution >= 0.6 is 0 Å². The summed E-state index contributed by atoms with van der Waals surface area (Å²) in [5.74, 6) is -2.45. The van der Waals surface area contributed by atoms with Gasteiger partial charge >= 0.3 is 6.03 Å². The second-order valence-corrected chi connectivity index (χ2v) is 7.86. The van der Waals surface area contributed by atoms with Gasteiger partial charge in [-0.2, -0.15) is 0 Å². The number of hydrogen-bond donors (Lipinski definition) is 1. The molecule has 0 saturated carbocycles. The molecule has 0 aromatic heterocycles. The maximum Gasteiger partial charge on any atom is 0.324 e. The van der Waals surface area contributed by atoms with E-state index in [0.29, 0.717) is 35.6 Å². The van der Waals surface area contributed by atoms with Crippen molar-refractivity contribution in [1.82, 2.24) is 4.90 Å². The van der Waals surface area contributed by atoms with Gasteiger partial charge in [0, 0.05) is 31.0 Å². The Morgan fingerprint density at radius 2 is 1.55 bits per heavy atom. The number of nitrogens with zero attached hydrogens (tertiary/aromatic N) is 2. The van der Waals surface area contributed by atoms with E-state index < -0.39 is 11.6 Å². The highest BCUT2D eigenvalue weighted by atomic mass is 19.2. The van der Waals surface area contributed by atoms with Crippen molar-refractivity contribution in [2.24, 2.45) is 0 Å². The first-order valence-corrected chi connectivity index (χ1v) is 10.5. The molecule has 1 heterocycles. The molecule has 1 aliphatic rings. The van der Waals surface area contributed by atoms with Gasteiger partial charge in [0.1, 0.15) is 5.82 Å². The maximum absolute atomic E-state index is 13.5. The van der Waals surface area contributed by atoms with Crippen molar-refractivity contribution in [3.63, 3.8) is 0 Å². The van der Waals surface area contributed by atoms with Gasteiger partial charge in [0.25, 0.3) is 0 Å². The first-order valence-electron chi connectivity index (χ1n) is 10.5. The summed E-state index contributed by atoms with van der Waals surface area (Å²) in [7, 11) is 0. The molecule has 1 N–H and O–H groups in total. The van der Waals surface area contributed by atoms with Gasteiger partial charge in [0.2, 0.25) is 5.91 Å². The third kappa shape index (κ3) is 5.52. The summed E-state index contributed by atoms with van der Waals surface area (Å²) in [4.78, 5) is 28.4. The zero-order valence-corrected chi connectivity index (χ0v) is 17.7. The number of nitrogens with one attached hydrogen (secondary N) is 1. The Bertz CT molecular complexity index is 1150. The van der Waals surface area contributed by atoms with Crippen molar-refractivity contribution >= 4 is 23.3 Å². The Hall–Kier alpha value is -3.81. The molecule has 33 heavy (non-hydrogen) atoms. The Morgan fingerprint density at radius 3 is 2.24 bits per heavy atom. The largest absolute Gasteiger partial charge is 0.326 e. The lowest BCUT2D eigenvalue weighted by atomic mass is 10.1. The average Bonchev–Trinajstić information content (AvgIpc) is 2.80. The lowest BCUT2D eigenvalue weighted by Crippen LogP contribution is -2.49. The van der Waals surface area contributed by atoms with Crippen molar-refractivity contribution in [2.75, 3.05) is 23.3 Å². The molecule has 0 unspecified atom stereocenters. The van der Waals surface area contributed by atoms with E-state index in [-0.39, 0.29) is 30.7 Å². The number of hydrogen-bond acceptors (Lipinski definition) is 2. The Labute approximate surface area is 189 Å². The predicted molar refractivity (Wildman–Crippen MR) is 119 cm³/mol. The molecular formula is C25H22F3N3O2. The lowest BCUT2D eigenvalue weighted by molar-refractivity contribution is -0.115. The third-order valence-corrected chi connectivity index (χ3v) is 5.41. The number of carbonyl (C=O) groups excluding carboxylic acids is 2. The summed E-state index contributed by atoms with van der Waals surface area (Å²) in [5.41, 5.74) is 2.47. The number of anilines is 2. The molecule has 1 fully saturated rings. The molecule has 1 saturated heterocycles. The van der Waals surface area contributed by atoms with Crippen LogP contribution in [0.15, 0.2) is 66.7 Å². The van der Waals surface area contributed by atoms with Gasteiger partial charge in [0.15, 0.2) is 11.6 Å². The molecule has 0 radical (unpaired) electrons. The second-order valence-electron chi connectivity index (χ2n) is 7.86. The van der Waals surface area contributed by atoms with Crippen LogP contribution in [0.25, 0.3) is 0 Å². The number of amides is 3. The number of urea groups is 1. The smallest absolute Gasteiger partial charge is 0.324 e. The Balaban J connectivity index is 1.38. The topological polar surface area (TPSA) is 52.7 Å². The molecule has 0 spiro atoms. The summed E-state index contributed by atoms with van der Waals surface area (Å²) >= 11 is 0. The zero-order valence-electron chi connectivity index (χ0n) is 17.7. The van der Waals surface area contributed by atoms with Crippen LogP contribution in [0.5, 0.6) is 0 Å². The molecule has 170 valence electrons. The molecule has 0 atom stereocenters. The fourth-order valence-corrected chi connectivity index (χ4v) is 3.74. The highest BCUT2D eigenvalue weighted by Crippen LogP contribution is 2.24. The standard InChI is InChI=1S/C25H22F3N3O2/c26-19-5-2-17(3-6-19)15-24(32)29-20-7-9-21(10-8-20)31-13-1-12-30(25(31)33)16-18-4-11-22(27)23(28)14-18/h2-11,14H,1,12-13,15-16H2,(H,29,32). The highest BCUT2D eigenvalue weighted by molar-refractivity contribution is 5.94. The number of benzene rings is 3. The number of rotatable bonds is 6. The molecule has 0 aliphatic carbocycles. The summed E-state index contributed by atoms with van der Waals surface area (Å²) in [6, 6.07) is 16.0. The molecule has 4 rings (SSSR count). The van der Waals surface area contributed by atoms with E-state index in [1.54, 1.807) is 46.2 Å². The van der Waals surface area contributed by atoms with Crippen LogP contribution in [0.4, 0.5) is 29.3 Å². The molecule has 0 bridgehead atoms. The molecule has 5 nitrogen and oxygen atoms in total. The Kier molecular flexibility index (Phi) is 6.63. The van der Waals surface area contributed by atoms with Crippen molar-refractivity contribution < 1.29 is 22.8 Å². The van der Waals surface area contributed by atoms with Gasteiger partial charge in [-0.15, -0.1) is 0 Å². The van der Waals surface area contributed by atoms with Gasteiger partial charge < -0.3 is 10.2 Å². The van der Waals surface area contributed by atoms with E-state index >= 15 is 0 Å². The zero-order chi connectivity index (χ0) is 23.4. The predicted octanol–water partition coefficient (Wildman–Crippen LogP) is 5.12. The fraction of sp³-hybridized carbons (Fsp3) is 0.200. The summed E-state index contributed by atoms with van der Waals surface area (Å²) in [5, 5.41) is 2.78. The molecule has 3 amide bonds. The van der Waals surface area contributed by atoms with Crippen LogP contribution in [0.3, 0.4) is 0 Å². The minimum absolute atomic E-state index is 0.117. The van der Waals surface area contributed by atoms with Gasteiger partial charge in [-0.25, -0.2) is 18.0 Å². The van der Waals surface area contributed by atoms with Crippen LogP contribution in [0.2, 0.25) is 0 Å². The van der Waals surface area contributed by atoms with Crippen LogP contribution in [0.1, 0.15) is 17.5 Å². The summed E-state index contributed by atoms with van der Waals surface area (Å²) in [6.07, 6.45) is 0.844. The van der Waals surface area contributed by atoms with Crippen molar-refractivity contribution in [3.8, 4) is 0 Å². The summed E-state index contributed by atoms with van der Waals surface area (Å²) in [6.45, 7) is 1.24. The minimum Gasteiger partial charge on any atom is -0.326 e. The van der Waals surface area contributed by atoms with Gasteiger partial charge in [-0.3, -0.25) is 9.69 Å². The van der Waals surface area contributed by atoms with E-state index in [1.165, 1.54) is 18.2 Å². The third-order valence-electron chi connectivity index (χ3n) is 5.41. The number of halogens is 3. The monoisotopic (exact) mass is 453 g/mol. The molecule has 3 aromatic rings. The minimum atomic E-state index is -0.939. The summed E-state index contributed by atoms with van der Waals surface area (Å²) < 4.78 is 39.7. The van der Waals surface area contributed by atoms with Crippen LogP contribution in [-0.2, 0) is 17.8 Å². The molecule has 3 aromatic carbocycles. The van der Waals surface area contributed by atoms with Crippen molar-refractivity contribution in [2.45, 2.75) is 19.4 Å². The fourth-order valence-electron chi connectivity index (χ4n) is 3.74. The second kappa shape index (κ2) is 9.77. The van der Waals surface area contributed by atoms with Gasteiger partial charge in [-0.05, 0) is 66.1 Å². The molecular weight excluding hydrogens is 431 g/mol. The van der Waals surface area contributed by atoms with Gasteiger partial charge in [-0.1, -0.05) is 18.2 Å². The maximum atomic E-state index is 13.5. The number of carbonyl (C=O) groups is 2. The van der Waals surface area contributed by atoms with E-state index in [0.717, 1.165) is 18.6 Å². The van der Waals surface area contributed by atoms with Gasteiger partial charge in [0.05, 0.1) is 6.42 Å². The van der Waals surface area contributed by atoms with E-state index in [1.807, 2.05) is 0 Å². The first-order chi connectivity index (χ1) is 15.9. The highest BCUT2D eigenvalue weighted by Gasteiger charge is 2.27. The molecule has 1 aliphatic heterocycles. The van der Waals surface area contributed by atoms with Crippen LogP contribution in [0, 0.1) is 17.5 Å². The molecule has 8 heteroatoms.